The first-order valence-electron chi connectivity index (χ1n) is 9.01. The molecule has 1 saturated heterocycles. The van der Waals surface area contributed by atoms with Gasteiger partial charge in [0.25, 0.3) is 0 Å². The number of benzene rings is 2. The van der Waals surface area contributed by atoms with Crippen molar-refractivity contribution in [2.75, 3.05) is 30.4 Å². The number of aromatic nitrogens is 1. The predicted octanol–water partition coefficient (Wildman–Crippen LogP) is 4.70. The van der Waals surface area contributed by atoms with E-state index in [9.17, 15) is 9.18 Å². The molecule has 7 heteroatoms. The standard InChI is InChI=1S/C20H21FN4OS/c1-24(13-19-23-16-6-2-3-7-18(16)27-19)20(26)22-14-8-9-17(15(21)12-14)25-10-4-5-11-25/h2-3,6-9,12H,4-5,10-11,13H2,1H3,(H,22,26). The van der Waals surface area contributed by atoms with Crippen LogP contribution in [0.3, 0.4) is 0 Å². The highest BCUT2D eigenvalue weighted by atomic mass is 32.1. The summed E-state index contributed by atoms with van der Waals surface area (Å²) >= 11 is 1.57. The molecule has 1 aliphatic rings. The molecule has 2 heterocycles. The summed E-state index contributed by atoms with van der Waals surface area (Å²) in [4.78, 5) is 20.6. The summed E-state index contributed by atoms with van der Waals surface area (Å²) in [6, 6.07) is 12.5. The van der Waals surface area contributed by atoms with E-state index in [2.05, 4.69) is 10.3 Å². The molecule has 0 saturated carbocycles. The van der Waals surface area contributed by atoms with Gasteiger partial charge in [-0.15, -0.1) is 11.3 Å². The van der Waals surface area contributed by atoms with Crippen molar-refractivity contribution in [1.29, 1.82) is 0 Å². The molecule has 27 heavy (non-hydrogen) atoms. The minimum Gasteiger partial charge on any atom is -0.369 e. The Kier molecular flexibility index (Phi) is 4.94. The van der Waals surface area contributed by atoms with E-state index in [4.69, 9.17) is 0 Å². The van der Waals surface area contributed by atoms with E-state index >= 15 is 0 Å². The number of halogens is 1. The summed E-state index contributed by atoms with van der Waals surface area (Å²) in [5, 5.41) is 3.62. The van der Waals surface area contributed by atoms with Crippen LogP contribution >= 0.6 is 11.3 Å². The number of anilines is 2. The molecule has 140 valence electrons. The molecule has 1 N–H and O–H groups in total. The van der Waals surface area contributed by atoms with Crippen LogP contribution in [-0.2, 0) is 6.54 Å². The highest BCUT2D eigenvalue weighted by Crippen LogP contribution is 2.26. The number of hydrogen-bond donors (Lipinski definition) is 1. The minimum atomic E-state index is -0.302. The van der Waals surface area contributed by atoms with Gasteiger partial charge in [-0.05, 0) is 43.2 Å². The number of carbonyl (C=O) groups excluding carboxylic acids is 1. The highest BCUT2D eigenvalue weighted by Gasteiger charge is 2.17. The molecule has 2 aromatic carbocycles. The Bertz CT molecular complexity index is 935. The number of para-hydroxylation sites is 1. The van der Waals surface area contributed by atoms with E-state index in [0.717, 1.165) is 41.2 Å². The Morgan fingerprint density at radius 2 is 2.04 bits per heavy atom. The van der Waals surface area contributed by atoms with Crippen LogP contribution in [0.2, 0.25) is 0 Å². The second-order valence-corrected chi connectivity index (χ2v) is 7.84. The number of rotatable bonds is 4. The molecule has 3 aromatic rings. The summed E-state index contributed by atoms with van der Waals surface area (Å²) in [5.41, 5.74) is 2.00. The summed E-state index contributed by atoms with van der Waals surface area (Å²) in [6.45, 7) is 2.17. The molecule has 0 unspecified atom stereocenters. The van der Waals surface area contributed by atoms with Crippen LogP contribution in [0.5, 0.6) is 0 Å². The molecule has 1 fully saturated rings. The molecule has 1 aliphatic heterocycles. The number of amides is 2. The van der Waals surface area contributed by atoms with Gasteiger partial charge in [0, 0.05) is 25.8 Å². The Balaban J connectivity index is 1.41. The molecule has 2 amide bonds. The minimum absolute atomic E-state index is 0.289. The summed E-state index contributed by atoms with van der Waals surface area (Å²) in [5.74, 6) is -0.302. The van der Waals surface area contributed by atoms with Crippen molar-refractivity contribution >= 4 is 39.0 Å². The molecule has 0 radical (unpaired) electrons. The van der Waals surface area contributed by atoms with Crippen LogP contribution in [0.15, 0.2) is 42.5 Å². The van der Waals surface area contributed by atoms with Crippen LogP contribution in [0.4, 0.5) is 20.6 Å². The van der Waals surface area contributed by atoms with Crippen molar-refractivity contribution < 1.29 is 9.18 Å². The molecule has 0 atom stereocenters. The first-order valence-corrected chi connectivity index (χ1v) is 9.83. The normalized spacial score (nSPS) is 13.9. The second-order valence-electron chi connectivity index (χ2n) is 6.72. The molecule has 0 spiro atoms. The number of urea groups is 1. The number of hydrogen-bond acceptors (Lipinski definition) is 4. The fraction of sp³-hybridized carbons (Fsp3) is 0.300. The Labute approximate surface area is 161 Å². The zero-order valence-electron chi connectivity index (χ0n) is 15.1. The van der Waals surface area contributed by atoms with Crippen LogP contribution in [0.1, 0.15) is 17.8 Å². The second kappa shape index (κ2) is 7.52. The maximum atomic E-state index is 14.4. The van der Waals surface area contributed by atoms with Crippen LogP contribution in [0, 0.1) is 5.82 Å². The van der Waals surface area contributed by atoms with Gasteiger partial charge in [-0.1, -0.05) is 12.1 Å². The van der Waals surface area contributed by atoms with Crippen molar-refractivity contribution in [3.05, 3.63) is 53.3 Å². The largest absolute Gasteiger partial charge is 0.369 e. The van der Waals surface area contributed by atoms with Crippen molar-refractivity contribution in [2.24, 2.45) is 0 Å². The van der Waals surface area contributed by atoms with Gasteiger partial charge in [0.1, 0.15) is 10.8 Å². The first kappa shape index (κ1) is 17.7. The lowest BCUT2D eigenvalue weighted by atomic mass is 10.2. The monoisotopic (exact) mass is 384 g/mol. The molecule has 0 bridgehead atoms. The predicted molar refractivity (Wildman–Crippen MR) is 108 cm³/mol. The van der Waals surface area contributed by atoms with E-state index in [-0.39, 0.29) is 11.8 Å². The van der Waals surface area contributed by atoms with Crippen molar-refractivity contribution in [3.63, 3.8) is 0 Å². The van der Waals surface area contributed by atoms with Crippen molar-refractivity contribution in [3.8, 4) is 0 Å². The highest BCUT2D eigenvalue weighted by molar-refractivity contribution is 7.18. The van der Waals surface area contributed by atoms with Gasteiger partial charge in [0.05, 0.1) is 22.4 Å². The van der Waals surface area contributed by atoms with E-state index in [0.29, 0.717) is 17.9 Å². The van der Waals surface area contributed by atoms with Crippen LogP contribution < -0.4 is 10.2 Å². The zero-order valence-corrected chi connectivity index (χ0v) is 15.9. The third-order valence-corrected chi connectivity index (χ3v) is 5.72. The van der Waals surface area contributed by atoms with Crippen molar-refractivity contribution in [1.82, 2.24) is 9.88 Å². The van der Waals surface area contributed by atoms with Gasteiger partial charge in [0.15, 0.2) is 0 Å². The lowest BCUT2D eigenvalue weighted by Gasteiger charge is -2.20. The maximum Gasteiger partial charge on any atom is 0.321 e. The summed E-state index contributed by atoms with van der Waals surface area (Å²) in [6.07, 6.45) is 2.18. The average molecular weight is 384 g/mol. The molecule has 1 aromatic heterocycles. The number of nitrogens with zero attached hydrogens (tertiary/aromatic N) is 3. The fourth-order valence-corrected chi connectivity index (χ4v) is 4.30. The van der Waals surface area contributed by atoms with E-state index in [1.165, 1.54) is 6.07 Å². The zero-order chi connectivity index (χ0) is 18.8. The molecular weight excluding hydrogens is 363 g/mol. The molecule has 0 aliphatic carbocycles. The van der Waals surface area contributed by atoms with Crippen molar-refractivity contribution in [2.45, 2.75) is 19.4 Å². The van der Waals surface area contributed by atoms with Gasteiger partial charge >= 0.3 is 6.03 Å². The van der Waals surface area contributed by atoms with Crippen LogP contribution in [-0.4, -0.2) is 36.1 Å². The average Bonchev–Trinajstić information content (AvgIpc) is 3.30. The number of carbonyl (C=O) groups is 1. The summed E-state index contributed by atoms with van der Waals surface area (Å²) < 4.78 is 15.5. The first-order chi connectivity index (χ1) is 13.1. The quantitative estimate of drug-likeness (QED) is 0.709. The third kappa shape index (κ3) is 3.88. The Morgan fingerprint density at radius 3 is 2.78 bits per heavy atom. The lowest BCUT2D eigenvalue weighted by molar-refractivity contribution is 0.220. The smallest absolute Gasteiger partial charge is 0.321 e. The van der Waals surface area contributed by atoms with Gasteiger partial charge in [-0.2, -0.15) is 0 Å². The van der Waals surface area contributed by atoms with E-state index in [1.807, 2.05) is 29.2 Å². The number of thiazole rings is 1. The number of nitrogens with one attached hydrogen (secondary N) is 1. The van der Waals surface area contributed by atoms with E-state index < -0.39 is 0 Å². The van der Waals surface area contributed by atoms with Gasteiger partial charge < -0.3 is 15.1 Å². The molecule has 5 nitrogen and oxygen atoms in total. The van der Waals surface area contributed by atoms with E-state index in [1.54, 1.807) is 35.4 Å². The number of fused-ring (bicyclic) bond motifs is 1. The molecule has 4 rings (SSSR count). The maximum absolute atomic E-state index is 14.4. The van der Waals surface area contributed by atoms with Gasteiger partial charge in [-0.3, -0.25) is 0 Å². The Morgan fingerprint density at radius 1 is 1.26 bits per heavy atom. The Hall–Kier alpha value is -2.67. The van der Waals surface area contributed by atoms with Crippen LogP contribution in [0.25, 0.3) is 10.2 Å². The topological polar surface area (TPSA) is 48.5 Å². The summed E-state index contributed by atoms with van der Waals surface area (Å²) in [7, 11) is 1.70. The fourth-order valence-electron chi connectivity index (χ4n) is 3.28. The SMILES string of the molecule is CN(Cc1nc2ccccc2s1)C(=O)Nc1ccc(N2CCCC2)c(F)c1. The third-order valence-electron chi connectivity index (χ3n) is 4.70. The van der Waals surface area contributed by atoms with Gasteiger partial charge in [0.2, 0.25) is 0 Å². The van der Waals surface area contributed by atoms with Gasteiger partial charge in [-0.25, -0.2) is 14.2 Å². The lowest BCUT2D eigenvalue weighted by Crippen LogP contribution is -2.30. The molecular formula is C20H21FN4OS.